The number of hydrogen-bond acceptors (Lipinski definition) is 2. The molecule has 0 unspecified atom stereocenters. The number of hydrogen-bond donors (Lipinski definition) is 1. The first kappa shape index (κ1) is 18.3. The van der Waals surface area contributed by atoms with Gasteiger partial charge in [0.2, 0.25) is 0 Å². The first-order valence-electron chi connectivity index (χ1n) is 8.22. The summed E-state index contributed by atoms with van der Waals surface area (Å²) >= 11 is 6.89. The molecule has 2 aromatic rings. The van der Waals surface area contributed by atoms with E-state index in [9.17, 15) is 4.79 Å². The van der Waals surface area contributed by atoms with Crippen molar-refractivity contribution >= 4 is 43.6 Å². The number of ether oxygens (including phenoxy) is 1. The van der Waals surface area contributed by atoms with Gasteiger partial charge in [-0.15, -0.1) is 0 Å². The molecule has 1 N–H and O–H groups in total. The molecule has 0 atom stereocenters. The maximum atomic E-state index is 12.5. The molecule has 1 saturated heterocycles. The number of para-hydroxylation sites is 1. The van der Waals surface area contributed by atoms with Crippen LogP contribution in [0.25, 0.3) is 0 Å². The molecule has 4 nitrogen and oxygen atoms in total. The Bertz CT molecular complexity index is 759. The van der Waals surface area contributed by atoms with Crippen molar-refractivity contribution in [1.29, 1.82) is 0 Å². The molecule has 3 rings (SSSR count). The highest BCUT2D eigenvalue weighted by Crippen LogP contribution is 2.34. The Hall–Kier alpha value is -1.53. The van der Waals surface area contributed by atoms with Crippen LogP contribution in [0.15, 0.2) is 51.4 Å². The highest BCUT2D eigenvalue weighted by Gasteiger charge is 2.25. The lowest BCUT2D eigenvalue weighted by Crippen LogP contribution is -2.40. The van der Waals surface area contributed by atoms with Gasteiger partial charge in [0.1, 0.15) is 5.75 Å². The van der Waals surface area contributed by atoms with Crippen molar-refractivity contribution in [2.75, 3.05) is 25.5 Å². The molecule has 0 spiro atoms. The number of urea groups is 1. The van der Waals surface area contributed by atoms with Crippen LogP contribution in [0.4, 0.5) is 10.5 Å². The van der Waals surface area contributed by atoms with Gasteiger partial charge in [0, 0.05) is 22.0 Å². The van der Waals surface area contributed by atoms with Crippen LogP contribution in [0.5, 0.6) is 5.75 Å². The van der Waals surface area contributed by atoms with Crippen molar-refractivity contribution in [2.24, 2.45) is 0 Å². The molecule has 25 heavy (non-hydrogen) atoms. The summed E-state index contributed by atoms with van der Waals surface area (Å²) in [5, 5.41) is 2.98. The number of piperidine rings is 1. The zero-order chi connectivity index (χ0) is 17.8. The topological polar surface area (TPSA) is 41.6 Å². The number of likely N-dealkylation sites (tertiary alicyclic amines) is 1. The van der Waals surface area contributed by atoms with E-state index in [4.69, 9.17) is 4.74 Å². The third kappa shape index (κ3) is 4.36. The van der Waals surface area contributed by atoms with Crippen LogP contribution in [0.2, 0.25) is 0 Å². The number of amides is 2. The molecule has 0 aromatic heterocycles. The number of carbonyl (C=O) groups is 1. The van der Waals surface area contributed by atoms with E-state index in [1.165, 1.54) is 5.56 Å². The highest BCUT2D eigenvalue weighted by atomic mass is 79.9. The van der Waals surface area contributed by atoms with E-state index in [0.717, 1.165) is 46.3 Å². The van der Waals surface area contributed by atoms with Gasteiger partial charge in [0.15, 0.2) is 0 Å². The van der Waals surface area contributed by atoms with Gasteiger partial charge in [-0.2, -0.15) is 0 Å². The number of anilines is 1. The van der Waals surface area contributed by atoms with Gasteiger partial charge in [-0.05, 0) is 64.5 Å². The Balaban J connectivity index is 1.61. The van der Waals surface area contributed by atoms with Crippen LogP contribution in [-0.2, 0) is 0 Å². The molecule has 0 saturated carbocycles. The molecule has 0 bridgehead atoms. The van der Waals surface area contributed by atoms with E-state index in [1.54, 1.807) is 7.11 Å². The lowest BCUT2D eigenvalue weighted by molar-refractivity contribution is 0.194. The predicted octanol–water partition coefficient (Wildman–Crippen LogP) is 5.63. The molecule has 132 valence electrons. The Labute approximate surface area is 164 Å². The third-order valence-corrected chi connectivity index (χ3v) is 5.68. The summed E-state index contributed by atoms with van der Waals surface area (Å²) in [4.78, 5) is 14.4. The summed E-state index contributed by atoms with van der Waals surface area (Å²) < 4.78 is 7.30. The number of methoxy groups -OCH3 is 1. The first-order valence-corrected chi connectivity index (χ1v) is 9.81. The third-order valence-electron chi connectivity index (χ3n) is 4.53. The Morgan fingerprint density at radius 2 is 1.88 bits per heavy atom. The standard InChI is InChI=1S/C19H20Br2N2O2/c1-25-18-5-3-2-4-15(18)13-8-10-23(11-9-13)19(24)22-17-7-6-14(20)12-16(17)21/h2-7,12-13H,8-11H2,1H3,(H,22,24). The minimum absolute atomic E-state index is 0.0542. The molecule has 1 aliphatic heterocycles. The van der Waals surface area contributed by atoms with E-state index in [0.29, 0.717) is 5.92 Å². The number of nitrogens with zero attached hydrogens (tertiary/aromatic N) is 1. The predicted molar refractivity (Wildman–Crippen MR) is 107 cm³/mol. The normalized spacial score (nSPS) is 15.1. The summed E-state index contributed by atoms with van der Waals surface area (Å²) in [5.74, 6) is 1.36. The summed E-state index contributed by atoms with van der Waals surface area (Å²) in [7, 11) is 1.71. The van der Waals surface area contributed by atoms with Gasteiger partial charge in [0.05, 0.1) is 12.8 Å². The van der Waals surface area contributed by atoms with Gasteiger partial charge in [0.25, 0.3) is 0 Å². The van der Waals surface area contributed by atoms with E-state index in [-0.39, 0.29) is 6.03 Å². The minimum atomic E-state index is -0.0542. The molecule has 1 heterocycles. The Kier molecular flexibility index (Phi) is 6.02. The Morgan fingerprint density at radius 3 is 2.56 bits per heavy atom. The van der Waals surface area contributed by atoms with Crippen LogP contribution in [0, 0.1) is 0 Å². The first-order chi connectivity index (χ1) is 12.1. The second kappa shape index (κ2) is 8.23. The molecule has 2 amide bonds. The van der Waals surface area contributed by atoms with Crippen molar-refractivity contribution in [3.8, 4) is 5.75 Å². The van der Waals surface area contributed by atoms with Gasteiger partial charge in [-0.25, -0.2) is 4.79 Å². The SMILES string of the molecule is COc1ccccc1C1CCN(C(=O)Nc2ccc(Br)cc2Br)CC1. The van der Waals surface area contributed by atoms with Gasteiger partial charge in [-0.3, -0.25) is 0 Å². The molecular formula is C19H20Br2N2O2. The lowest BCUT2D eigenvalue weighted by Gasteiger charge is -2.32. The largest absolute Gasteiger partial charge is 0.496 e. The maximum absolute atomic E-state index is 12.5. The number of nitrogens with one attached hydrogen (secondary N) is 1. The number of carbonyl (C=O) groups excluding carboxylic acids is 1. The summed E-state index contributed by atoms with van der Waals surface area (Å²) in [6.45, 7) is 1.48. The second-order valence-corrected chi connectivity index (χ2v) is 7.83. The van der Waals surface area contributed by atoms with Crippen LogP contribution in [0.3, 0.4) is 0 Å². The summed E-state index contributed by atoms with van der Waals surface area (Å²) in [5.41, 5.74) is 2.01. The van der Waals surface area contributed by atoms with Crippen molar-refractivity contribution < 1.29 is 9.53 Å². The fourth-order valence-electron chi connectivity index (χ4n) is 3.18. The van der Waals surface area contributed by atoms with Crippen LogP contribution in [0.1, 0.15) is 24.3 Å². The summed E-state index contributed by atoms with van der Waals surface area (Å²) in [6, 6.07) is 13.8. The van der Waals surface area contributed by atoms with Crippen molar-refractivity contribution in [1.82, 2.24) is 4.90 Å². The summed E-state index contributed by atoms with van der Waals surface area (Å²) in [6.07, 6.45) is 1.88. The number of benzene rings is 2. The fourth-order valence-corrected chi connectivity index (χ4v) is 4.33. The molecule has 2 aromatic carbocycles. The zero-order valence-corrected chi connectivity index (χ0v) is 17.1. The number of rotatable bonds is 3. The van der Waals surface area contributed by atoms with Gasteiger partial charge < -0.3 is 15.0 Å². The van der Waals surface area contributed by atoms with E-state index < -0.39 is 0 Å². The second-order valence-electron chi connectivity index (χ2n) is 6.06. The van der Waals surface area contributed by atoms with E-state index in [1.807, 2.05) is 41.3 Å². The highest BCUT2D eigenvalue weighted by molar-refractivity contribution is 9.11. The fraction of sp³-hybridized carbons (Fsp3) is 0.316. The quantitative estimate of drug-likeness (QED) is 0.635. The zero-order valence-electron chi connectivity index (χ0n) is 14.0. The molecular weight excluding hydrogens is 448 g/mol. The monoisotopic (exact) mass is 466 g/mol. The lowest BCUT2D eigenvalue weighted by atomic mass is 9.89. The molecule has 6 heteroatoms. The van der Waals surface area contributed by atoms with E-state index >= 15 is 0 Å². The smallest absolute Gasteiger partial charge is 0.321 e. The maximum Gasteiger partial charge on any atom is 0.321 e. The number of halogens is 2. The van der Waals surface area contributed by atoms with E-state index in [2.05, 4.69) is 43.2 Å². The minimum Gasteiger partial charge on any atom is -0.496 e. The van der Waals surface area contributed by atoms with Crippen molar-refractivity contribution in [2.45, 2.75) is 18.8 Å². The van der Waals surface area contributed by atoms with Crippen molar-refractivity contribution in [3.05, 3.63) is 57.0 Å². The van der Waals surface area contributed by atoms with Gasteiger partial charge in [-0.1, -0.05) is 34.1 Å². The molecule has 1 aliphatic rings. The average molecular weight is 468 g/mol. The van der Waals surface area contributed by atoms with Crippen LogP contribution < -0.4 is 10.1 Å². The Morgan fingerprint density at radius 1 is 1.16 bits per heavy atom. The van der Waals surface area contributed by atoms with Gasteiger partial charge >= 0.3 is 6.03 Å². The molecule has 0 radical (unpaired) electrons. The molecule has 1 fully saturated rings. The molecule has 0 aliphatic carbocycles. The average Bonchev–Trinajstić information content (AvgIpc) is 2.64. The van der Waals surface area contributed by atoms with Crippen LogP contribution >= 0.6 is 31.9 Å². The van der Waals surface area contributed by atoms with Crippen LogP contribution in [-0.4, -0.2) is 31.1 Å². The van der Waals surface area contributed by atoms with Crippen molar-refractivity contribution in [3.63, 3.8) is 0 Å².